The highest BCUT2D eigenvalue weighted by atomic mass is 16.2. The molecule has 0 saturated carbocycles. The lowest BCUT2D eigenvalue weighted by Gasteiger charge is -2.07. The van der Waals surface area contributed by atoms with Gasteiger partial charge in [-0.05, 0) is 12.3 Å². The van der Waals surface area contributed by atoms with E-state index in [4.69, 9.17) is 10.8 Å². The van der Waals surface area contributed by atoms with Gasteiger partial charge in [0, 0.05) is 5.94 Å². The fraction of sp³-hybridized carbons (Fsp3) is 1.00. The van der Waals surface area contributed by atoms with Crippen molar-refractivity contribution >= 4 is 7.48 Å². The second kappa shape index (κ2) is 3.92. The van der Waals surface area contributed by atoms with Crippen LogP contribution in [0.15, 0.2) is 0 Å². The van der Waals surface area contributed by atoms with Crippen molar-refractivity contribution in [1.29, 1.82) is 0 Å². The Morgan fingerprint density at radius 2 is 2.12 bits per heavy atom. The van der Waals surface area contributed by atoms with Gasteiger partial charge in [-0.3, -0.25) is 0 Å². The summed E-state index contributed by atoms with van der Waals surface area (Å²) in [7, 11) is 1.04. The molecule has 0 aromatic carbocycles. The van der Waals surface area contributed by atoms with Crippen molar-refractivity contribution in [2.45, 2.75) is 26.2 Å². The summed E-state index contributed by atoms with van der Waals surface area (Å²) in [6.07, 6.45) is 0.858. The Kier molecular flexibility index (Phi) is 3.92. The Hall–Kier alpha value is -0.0151. The van der Waals surface area contributed by atoms with E-state index in [2.05, 4.69) is 13.8 Å². The van der Waals surface area contributed by atoms with Crippen LogP contribution >= 0.6 is 0 Å². The van der Waals surface area contributed by atoms with Gasteiger partial charge in [0.25, 0.3) is 0 Å². The smallest absolute Gasteiger partial charge is 0.305 e. The van der Waals surface area contributed by atoms with Crippen molar-refractivity contribution in [1.82, 2.24) is 0 Å². The Balaban J connectivity index is 3.10. The zero-order valence-electron chi connectivity index (χ0n) is 5.46. The molecule has 0 aliphatic heterocycles. The van der Waals surface area contributed by atoms with E-state index in [1.165, 1.54) is 0 Å². The zero-order chi connectivity index (χ0) is 6.57. The summed E-state index contributed by atoms with van der Waals surface area (Å²) in [4.78, 5) is 0. The largest absolute Gasteiger partial charge is 0.453 e. The highest BCUT2D eigenvalue weighted by molar-refractivity contribution is 6.27. The second-order valence-corrected chi connectivity index (χ2v) is 2.44. The molecule has 0 aliphatic carbocycles. The molecular formula is C5H13BNO. The van der Waals surface area contributed by atoms with Gasteiger partial charge in [-0.25, -0.2) is 0 Å². The topological polar surface area (TPSA) is 46.2 Å². The van der Waals surface area contributed by atoms with Gasteiger partial charge >= 0.3 is 7.48 Å². The molecule has 2 nitrogen and oxygen atoms in total. The average Bonchev–Trinajstić information content (AvgIpc) is 1.65. The Labute approximate surface area is 51.4 Å². The monoisotopic (exact) mass is 114 g/mol. The predicted molar refractivity (Wildman–Crippen MR) is 35.4 cm³/mol. The summed E-state index contributed by atoms with van der Waals surface area (Å²) < 4.78 is 0. The molecule has 0 bridgehead atoms. The third-order valence-electron chi connectivity index (χ3n) is 0.935. The van der Waals surface area contributed by atoms with Crippen molar-refractivity contribution in [2.75, 3.05) is 0 Å². The molecular weight excluding hydrogens is 101 g/mol. The Bertz CT molecular complexity index is 58.4. The maximum Gasteiger partial charge on any atom is 0.305 e. The van der Waals surface area contributed by atoms with Gasteiger partial charge in [0.15, 0.2) is 0 Å². The average molecular weight is 114 g/mol. The molecule has 3 heteroatoms. The molecule has 0 fully saturated rings. The molecule has 0 heterocycles. The fourth-order valence-corrected chi connectivity index (χ4v) is 0.605. The van der Waals surface area contributed by atoms with Gasteiger partial charge in [-0.15, -0.1) is 0 Å². The van der Waals surface area contributed by atoms with Gasteiger partial charge in [0.1, 0.15) is 0 Å². The maximum atomic E-state index is 8.33. The molecule has 0 unspecified atom stereocenters. The number of nitrogens with two attached hydrogens (primary N) is 1. The van der Waals surface area contributed by atoms with Crippen LogP contribution in [0.1, 0.15) is 20.3 Å². The molecule has 0 amide bonds. The summed E-state index contributed by atoms with van der Waals surface area (Å²) in [5, 5.41) is 8.33. The third-order valence-corrected chi connectivity index (χ3v) is 0.935. The number of rotatable bonds is 3. The molecule has 0 saturated heterocycles. The van der Waals surface area contributed by atoms with Crippen molar-refractivity contribution in [3.05, 3.63) is 0 Å². The van der Waals surface area contributed by atoms with Gasteiger partial charge in [0.2, 0.25) is 0 Å². The minimum absolute atomic E-state index is 0.144. The fourth-order valence-electron chi connectivity index (χ4n) is 0.605. The first-order chi connectivity index (χ1) is 3.66. The van der Waals surface area contributed by atoms with Gasteiger partial charge < -0.3 is 10.8 Å². The van der Waals surface area contributed by atoms with Gasteiger partial charge in [0.05, 0.1) is 0 Å². The number of hydrogen-bond acceptors (Lipinski definition) is 2. The van der Waals surface area contributed by atoms with E-state index in [1.807, 2.05) is 0 Å². The van der Waals surface area contributed by atoms with Crippen molar-refractivity contribution in [3.8, 4) is 0 Å². The molecule has 8 heavy (non-hydrogen) atoms. The van der Waals surface area contributed by atoms with E-state index in [-0.39, 0.29) is 5.94 Å². The van der Waals surface area contributed by atoms with Gasteiger partial charge in [-0.2, -0.15) is 0 Å². The summed E-state index contributed by atoms with van der Waals surface area (Å²) in [6, 6.07) is 0. The summed E-state index contributed by atoms with van der Waals surface area (Å²) in [5.74, 6) is 0.420. The van der Waals surface area contributed by atoms with E-state index >= 15 is 0 Å². The number of hydrogen-bond donors (Lipinski definition) is 2. The molecule has 0 rings (SSSR count). The normalized spacial score (nSPS) is 14.1. The van der Waals surface area contributed by atoms with Gasteiger partial charge in [-0.1, -0.05) is 13.8 Å². The molecule has 1 radical (unpaired) electrons. The lowest BCUT2D eigenvalue weighted by atomic mass is 9.83. The van der Waals surface area contributed by atoms with E-state index < -0.39 is 0 Å². The highest BCUT2D eigenvalue weighted by Crippen LogP contribution is 1.99. The van der Waals surface area contributed by atoms with Crippen molar-refractivity contribution in [3.63, 3.8) is 0 Å². The minimum Gasteiger partial charge on any atom is -0.453 e. The summed E-state index contributed by atoms with van der Waals surface area (Å²) in [5.41, 5.74) is 5.37. The van der Waals surface area contributed by atoms with Crippen LogP contribution in [0, 0.1) is 5.92 Å². The predicted octanol–water partition coefficient (Wildman–Crippen LogP) is -0.0712. The highest BCUT2D eigenvalue weighted by Gasteiger charge is 2.03. The van der Waals surface area contributed by atoms with Crippen LogP contribution in [0.5, 0.6) is 0 Å². The van der Waals surface area contributed by atoms with E-state index in [9.17, 15) is 0 Å². The first kappa shape index (κ1) is 7.98. The summed E-state index contributed by atoms with van der Waals surface area (Å²) >= 11 is 0. The van der Waals surface area contributed by atoms with Crippen LogP contribution in [0.3, 0.4) is 0 Å². The molecule has 47 valence electrons. The standard InChI is InChI=1S/C5H13BNO/c1-4(2)3-5(7)6-8/h4-5,8H,3,7H2,1-2H3/t5-/m0/s1. The Morgan fingerprint density at radius 3 is 2.25 bits per heavy atom. The van der Waals surface area contributed by atoms with Crippen LogP contribution in [0.4, 0.5) is 0 Å². The van der Waals surface area contributed by atoms with Crippen LogP contribution < -0.4 is 5.73 Å². The van der Waals surface area contributed by atoms with Crippen LogP contribution in [-0.2, 0) is 0 Å². The van der Waals surface area contributed by atoms with Crippen LogP contribution in [0.2, 0.25) is 0 Å². The Morgan fingerprint density at radius 1 is 1.62 bits per heavy atom. The first-order valence-corrected chi connectivity index (χ1v) is 2.90. The van der Waals surface area contributed by atoms with Crippen LogP contribution in [-0.4, -0.2) is 18.4 Å². The lowest BCUT2D eigenvalue weighted by Crippen LogP contribution is -2.28. The van der Waals surface area contributed by atoms with Crippen LogP contribution in [0.25, 0.3) is 0 Å². The van der Waals surface area contributed by atoms with Crippen molar-refractivity contribution < 1.29 is 5.02 Å². The zero-order valence-corrected chi connectivity index (χ0v) is 5.46. The van der Waals surface area contributed by atoms with E-state index in [0.29, 0.717) is 5.92 Å². The minimum atomic E-state index is -0.144. The van der Waals surface area contributed by atoms with E-state index in [0.717, 1.165) is 13.9 Å². The SMILES string of the molecule is CC(C)C[C@H](N)[B]O. The molecule has 0 aromatic heterocycles. The molecule has 0 aliphatic rings. The van der Waals surface area contributed by atoms with Crippen molar-refractivity contribution in [2.24, 2.45) is 11.7 Å². The quantitative estimate of drug-likeness (QED) is 0.504. The maximum absolute atomic E-state index is 8.33. The van der Waals surface area contributed by atoms with E-state index in [1.54, 1.807) is 0 Å². The molecule has 0 spiro atoms. The third kappa shape index (κ3) is 4.15. The second-order valence-electron chi connectivity index (χ2n) is 2.44. The molecule has 3 N–H and O–H groups in total. The molecule has 1 atom stereocenters. The molecule has 0 aromatic rings. The first-order valence-electron chi connectivity index (χ1n) is 2.90. The lowest BCUT2D eigenvalue weighted by molar-refractivity contribution is 0.518. The summed E-state index contributed by atoms with van der Waals surface area (Å²) in [6.45, 7) is 4.15.